The molecule has 35 heavy (non-hydrogen) atoms. The number of hydrogen-bond donors (Lipinski definition) is 3. The van der Waals surface area contributed by atoms with Gasteiger partial charge in [0.05, 0.1) is 11.9 Å². The van der Waals surface area contributed by atoms with E-state index >= 15 is 0 Å². The molecule has 0 bridgehead atoms. The van der Waals surface area contributed by atoms with Crippen molar-refractivity contribution in [2.45, 2.75) is 6.42 Å². The number of nitrogens with one attached hydrogen (secondary N) is 3. The molecule has 0 spiro atoms. The molecule has 1 amide bonds. The zero-order chi connectivity index (χ0) is 24.2. The number of benzene rings is 2. The van der Waals surface area contributed by atoms with Gasteiger partial charge in [0.25, 0.3) is 5.91 Å². The van der Waals surface area contributed by atoms with Crippen molar-refractivity contribution in [1.29, 1.82) is 0 Å². The lowest BCUT2D eigenvalue weighted by Gasteiger charge is -2.01. The average Bonchev–Trinajstić information content (AvgIpc) is 3.53. The molecule has 3 heterocycles. The molecule has 0 saturated carbocycles. The van der Waals surface area contributed by atoms with Crippen LogP contribution in [0, 0.1) is 17.7 Å². The van der Waals surface area contributed by atoms with Crippen LogP contribution >= 0.6 is 0 Å². The maximum atomic E-state index is 13.0. The Balaban J connectivity index is 1.34. The maximum absolute atomic E-state index is 13.0. The number of hydrogen-bond acceptors (Lipinski definition) is 5. The van der Waals surface area contributed by atoms with E-state index in [2.05, 4.69) is 42.1 Å². The van der Waals surface area contributed by atoms with Crippen LogP contribution in [0.4, 0.5) is 10.3 Å². The fourth-order valence-corrected chi connectivity index (χ4v) is 3.43. The second-order valence-electron chi connectivity index (χ2n) is 7.54. The highest BCUT2D eigenvalue weighted by atomic mass is 19.1. The van der Waals surface area contributed by atoms with E-state index in [4.69, 9.17) is 0 Å². The van der Waals surface area contributed by atoms with Crippen molar-refractivity contribution < 1.29 is 14.0 Å². The molecule has 3 aromatic heterocycles. The monoisotopic (exact) mass is 464 g/mol. The van der Waals surface area contributed by atoms with E-state index in [1.54, 1.807) is 60.9 Å². The van der Waals surface area contributed by atoms with Gasteiger partial charge in [-0.15, -0.1) is 0 Å². The molecule has 2 aromatic carbocycles. The predicted octanol–water partition coefficient (Wildman–Crippen LogP) is 3.90. The average molecular weight is 464 g/mol. The Morgan fingerprint density at radius 1 is 0.971 bits per heavy atom. The van der Waals surface area contributed by atoms with Crippen LogP contribution in [-0.4, -0.2) is 36.6 Å². The van der Waals surface area contributed by atoms with Gasteiger partial charge in [0.1, 0.15) is 28.5 Å². The minimum absolute atomic E-state index is 0.107. The van der Waals surface area contributed by atoms with Gasteiger partial charge in [-0.2, -0.15) is 0 Å². The molecule has 0 radical (unpaired) electrons. The number of carbonyl (C=O) groups excluding carboxylic acids is 2. The molecule has 0 saturated heterocycles. The number of para-hydroxylation sites is 1. The molecular formula is C26H17FN6O2. The van der Waals surface area contributed by atoms with Crippen LogP contribution in [0.1, 0.15) is 37.9 Å². The van der Waals surface area contributed by atoms with Gasteiger partial charge in [-0.05, 0) is 54.5 Å². The molecule has 5 rings (SSSR count). The van der Waals surface area contributed by atoms with Crippen molar-refractivity contribution in [3.8, 4) is 11.8 Å². The van der Waals surface area contributed by atoms with Gasteiger partial charge in [-0.1, -0.05) is 18.1 Å². The van der Waals surface area contributed by atoms with Gasteiger partial charge in [-0.3, -0.25) is 14.9 Å². The third kappa shape index (κ3) is 4.96. The first-order valence-electron chi connectivity index (χ1n) is 10.6. The van der Waals surface area contributed by atoms with Crippen molar-refractivity contribution in [2.24, 2.45) is 0 Å². The Morgan fingerprint density at radius 2 is 1.80 bits per heavy atom. The summed E-state index contributed by atoms with van der Waals surface area (Å²) in [6.45, 7) is 0. The molecule has 0 aliphatic carbocycles. The Bertz CT molecular complexity index is 1590. The zero-order valence-corrected chi connectivity index (χ0v) is 18.2. The summed E-state index contributed by atoms with van der Waals surface area (Å²) in [5.41, 5.74) is 2.64. The third-order valence-corrected chi connectivity index (χ3v) is 5.09. The Morgan fingerprint density at radius 3 is 2.60 bits per heavy atom. The first-order chi connectivity index (χ1) is 17.0. The number of aromatic nitrogens is 5. The molecule has 8 nitrogen and oxygen atoms in total. The van der Waals surface area contributed by atoms with Crippen LogP contribution in [0.15, 0.2) is 73.1 Å². The largest absolute Gasteiger partial charge is 0.348 e. The normalized spacial score (nSPS) is 10.5. The lowest BCUT2D eigenvalue weighted by atomic mass is 10.1. The highest BCUT2D eigenvalue weighted by Gasteiger charge is 2.17. The molecule has 3 N–H and O–H groups in total. The number of anilines is 1. The van der Waals surface area contributed by atoms with Crippen molar-refractivity contribution in [1.82, 2.24) is 24.9 Å². The molecule has 0 aliphatic rings. The summed E-state index contributed by atoms with van der Waals surface area (Å²) >= 11 is 0. The summed E-state index contributed by atoms with van der Waals surface area (Å²) in [7, 11) is 0. The summed E-state index contributed by atoms with van der Waals surface area (Å²) in [6, 6.07) is 15.9. The first-order valence-corrected chi connectivity index (χ1v) is 10.6. The molecule has 0 atom stereocenters. The number of amides is 1. The van der Waals surface area contributed by atoms with Crippen molar-refractivity contribution in [2.75, 3.05) is 5.32 Å². The summed E-state index contributed by atoms with van der Waals surface area (Å²) < 4.78 is 13.0. The predicted molar refractivity (Wildman–Crippen MR) is 127 cm³/mol. The number of aromatic amines is 2. The number of Topliss-reactive ketones (excluding diaryl/α,β-unsaturated/α-hetero) is 1. The van der Waals surface area contributed by atoms with Gasteiger partial charge < -0.3 is 9.97 Å². The molecule has 0 fully saturated rings. The van der Waals surface area contributed by atoms with Crippen LogP contribution in [0.2, 0.25) is 0 Å². The molecule has 9 heteroatoms. The van der Waals surface area contributed by atoms with E-state index in [0.29, 0.717) is 33.7 Å². The molecule has 0 unspecified atom stereocenters. The van der Waals surface area contributed by atoms with E-state index in [-0.39, 0.29) is 29.7 Å². The van der Waals surface area contributed by atoms with Gasteiger partial charge in [-0.25, -0.2) is 19.3 Å². The minimum Gasteiger partial charge on any atom is -0.348 e. The van der Waals surface area contributed by atoms with Crippen molar-refractivity contribution in [3.63, 3.8) is 0 Å². The van der Waals surface area contributed by atoms with Crippen molar-refractivity contribution >= 4 is 28.7 Å². The quantitative estimate of drug-likeness (QED) is 0.270. The second kappa shape index (κ2) is 9.41. The summed E-state index contributed by atoms with van der Waals surface area (Å²) in [5.74, 6) is 5.52. The van der Waals surface area contributed by atoms with Crippen LogP contribution in [-0.2, 0) is 6.42 Å². The molecule has 170 valence electrons. The number of nitrogens with zero attached hydrogens (tertiary/aromatic N) is 3. The van der Waals surface area contributed by atoms with Crippen LogP contribution in [0.5, 0.6) is 0 Å². The van der Waals surface area contributed by atoms with E-state index < -0.39 is 5.91 Å². The number of rotatable bonds is 5. The highest BCUT2D eigenvalue weighted by Crippen LogP contribution is 2.20. The van der Waals surface area contributed by atoms with Gasteiger partial charge in [0.15, 0.2) is 5.78 Å². The zero-order valence-electron chi connectivity index (χ0n) is 18.2. The Hall–Kier alpha value is -5.10. The fraction of sp³-hybridized carbons (Fsp3) is 0.0385. The Kier molecular flexibility index (Phi) is 5.84. The lowest BCUT2D eigenvalue weighted by Crippen LogP contribution is -2.15. The number of carbonyl (C=O) groups is 2. The van der Waals surface area contributed by atoms with Crippen LogP contribution < -0.4 is 5.32 Å². The van der Waals surface area contributed by atoms with Gasteiger partial charge in [0, 0.05) is 23.5 Å². The number of pyridine rings is 1. The third-order valence-electron chi connectivity index (χ3n) is 5.09. The Labute approximate surface area is 198 Å². The minimum atomic E-state index is -0.488. The van der Waals surface area contributed by atoms with Crippen LogP contribution in [0.25, 0.3) is 11.0 Å². The number of H-pyrrole nitrogens is 2. The van der Waals surface area contributed by atoms with E-state index in [9.17, 15) is 14.0 Å². The van der Waals surface area contributed by atoms with Gasteiger partial charge in [0.2, 0.25) is 5.95 Å². The van der Waals surface area contributed by atoms with E-state index in [1.165, 1.54) is 12.1 Å². The van der Waals surface area contributed by atoms with Crippen LogP contribution in [0.3, 0.4) is 0 Å². The van der Waals surface area contributed by atoms with E-state index in [1.807, 2.05) is 0 Å². The molecule has 0 aliphatic heterocycles. The smallest absolute Gasteiger partial charge is 0.276 e. The lowest BCUT2D eigenvalue weighted by molar-refractivity contribution is 0.0990. The maximum Gasteiger partial charge on any atom is 0.276 e. The fourth-order valence-electron chi connectivity index (χ4n) is 3.43. The second-order valence-corrected chi connectivity index (χ2v) is 7.54. The topological polar surface area (TPSA) is 116 Å². The standard InChI is InChI=1S/C26H17FN6O2/c27-17-10-7-16(8-11-17)9-12-18-3-1-6-21(30-18)25(35)33-26-31-20-5-2-4-19(24(20)32-26)22(34)15-23-28-13-14-29-23/h1-8,10-11,13-14H,15H2,(H,28,29)(H2,31,32,33,35). The number of imidazole rings is 2. The summed E-state index contributed by atoms with van der Waals surface area (Å²) in [4.78, 5) is 44.2. The first kappa shape index (κ1) is 21.7. The summed E-state index contributed by atoms with van der Waals surface area (Å²) in [6.07, 6.45) is 3.35. The number of halogens is 1. The van der Waals surface area contributed by atoms with Crippen molar-refractivity contribution in [3.05, 3.63) is 107 Å². The van der Waals surface area contributed by atoms with E-state index in [0.717, 1.165) is 0 Å². The van der Waals surface area contributed by atoms with Gasteiger partial charge >= 0.3 is 0 Å². The highest BCUT2D eigenvalue weighted by molar-refractivity contribution is 6.08. The SMILES string of the molecule is O=C(Nc1nc2c(C(=O)Cc3ncc[nH]3)cccc2[nH]1)c1cccc(C#Cc2ccc(F)cc2)n1. The summed E-state index contributed by atoms with van der Waals surface area (Å²) in [5, 5.41) is 2.68. The number of fused-ring (bicyclic) bond motifs is 1. The molecular weight excluding hydrogens is 447 g/mol. The number of ketones is 1. The molecule has 5 aromatic rings.